The van der Waals surface area contributed by atoms with E-state index < -0.39 is 5.97 Å². The number of carboxylic acids is 1. The van der Waals surface area contributed by atoms with Crippen molar-refractivity contribution in [1.29, 1.82) is 0 Å². The fraction of sp³-hybridized carbons (Fsp3) is 0.619. The summed E-state index contributed by atoms with van der Waals surface area (Å²) in [6.07, 6.45) is 2.73. The highest BCUT2D eigenvalue weighted by Gasteiger charge is 2.24. The number of likely N-dealkylation sites (tertiary alicyclic amines) is 1. The van der Waals surface area contributed by atoms with Gasteiger partial charge in [0.1, 0.15) is 5.75 Å². The molecule has 1 aliphatic heterocycles. The molecule has 0 bridgehead atoms. The molecule has 0 radical (unpaired) electrons. The molecule has 1 amide bonds. The van der Waals surface area contributed by atoms with Crippen LogP contribution in [0.25, 0.3) is 0 Å². The molecule has 0 saturated carbocycles. The van der Waals surface area contributed by atoms with Crippen molar-refractivity contribution < 1.29 is 19.4 Å². The topological polar surface area (TPSA) is 82.1 Å². The third-order valence-electron chi connectivity index (χ3n) is 4.96. The van der Waals surface area contributed by atoms with Crippen LogP contribution in [0.1, 0.15) is 32.3 Å². The minimum absolute atomic E-state index is 0. The van der Waals surface area contributed by atoms with E-state index in [-0.39, 0.29) is 37.0 Å². The number of nitrogens with one attached hydrogen (secondary N) is 1. The average molecular weight is 428 g/mol. The van der Waals surface area contributed by atoms with Gasteiger partial charge in [-0.2, -0.15) is 0 Å². The number of aliphatic carboxylic acids is 1. The zero-order chi connectivity index (χ0) is 20.5. The predicted molar refractivity (Wildman–Crippen MR) is 116 cm³/mol. The number of hydrogen-bond acceptors (Lipinski definition) is 5. The molecule has 1 aromatic rings. The number of carbonyl (C=O) groups excluding carboxylic acids is 1. The van der Waals surface area contributed by atoms with Gasteiger partial charge in [0, 0.05) is 25.7 Å². The first-order chi connectivity index (χ1) is 13.3. The highest BCUT2D eigenvalue weighted by atomic mass is 35.5. The summed E-state index contributed by atoms with van der Waals surface area (Å²) < 4.78 is 5.63. The number of ether oxygens (including phenoxy) is 1. The summed E-state index contributed by atoms with van der Waals surface area (Å²) in [6.45, 7) is 6.71. The molecule has 0 aliphatic carbocycles. The van der Waals surface area contributed by atoms with Crippen LogP contribution >= 0.6 is 12.4 Å². The van der Waals surface area contributed by atoms with E-state index >= 15 is 0 Å². The molecule has 7 nitrogen and oxygen atoms in total. The van der Waals surface area contributed by atoms with Crippen LogP contribution in [-0.2, 0) is 16.0 Å². The molecule has 164 valence electrons. The summed E-state index contributed by atoms with van der Waals surface area (Å²) in [6, 6.07) is 8.26. The first-order valence-corrected chi connectivity index (χ1v) is 10.00. The number of likely N-dealkylation sites (N-methyl/N-ethyl adjacent to an activating group) is 1. The van der Waals surface area contributed by atoms with E-state index in [0.29, 0.717) is 13.1 Å². The van der Waals surface area contributed by atoms with Crippen molar-refractivity contribution in [2.75, 3.05) is 39.8 Å². The fourth-order valence-electron chi connectivity index (χ4n) is 3.47. The van der Waals surface area contributed by atoms with Gasteiger partial charge < -0.3 is 15.2 Å². The molecule has 0 spiro atoms. The average Bonchev–Trinajstić information content (AvgIpc) is 2.63. The van der Waals surface area contributed by atoms with Crippen molar-refractivity contribution in [2.24, 2.45) is 0 Å². The summed E-state index contributed by atoms with van der Waals surface area (Å²) >= 11 is 0. The normalized spacial score (nSPS) is 15.2. The SMILES string of the molecule is CC(C)Oc1ccc(CCNC(=O)CN2CCC(N(C)CC(=O)O)CC2)cc1.Cl. The summed E-state index contributed by atoms with van der Waals surface area (Å²) in [4.78, 5) is 27.0. The third-order valence-corrected chi connectivity index (χ3v) is 4.96. The van der Waals surface area contributed by atoms with E-state index in [0.717, 1.165) is 38.1 Å². The van der Waals surface area contributed by atoms with E-state index in [2.05, 4.69) is 10.2 Å². The largest absolute Gasteiger partial charge is 0.491 e. The number of amides is 1. The first-order valence-electron chi connectivity index (χ1n) is 10.00. The lowest BCUT2D eigenvalue weighted by molar-refractivity contribution is -0.138. The number of hydrogen-bond donors (Lipinski definition) is 2. The summed E-state index contributed by atoms with van der Waals surface area (Å²) in [5.74, 6) is 0.101. The molecular weight excluding hydrogens is 394 g/mol. The Hall–Kier alpha value is -1.83. The van der Waals surface area contributed by atoms with E-state index in [1.807, 2.05) is 50.1 Å². The molecule has 0 unspecified atom stereocenters. The van der Waals surface area contributed by atoms with Gasteiger partial charge in [0.2, 0.25) is 5.91 Å². The van der Waals surface area contributed by atoms with Crippen molar-refractivity contribution in [1.82, 2.24) is 15.1 Å². The molecule has 0 atom stereocenters. The van der Waals surface area contributed by atoms with Crippen LogP contribution in [0.15, 0.2) is 24.3 Å². The predicted octanol–water partition coefficient (Wildman–Crippen LogP) is 2.04. The number of benzene rings is 1. The van der Waals surface area contributed by atoms with Crippen LogP contribution < -0.4 is 10.1 Å². The van der Waals surface area contributed by atoms with Crippen LogP contribution in [0.5, 0.6) is 5.75 Å². The molecule has 1 heterocycles. The van der Waals surface area contributed by atoms with Gasteiger partial charge in [0.05, 0.1) is 19.2 Å². The van der Waals surface area contributed by atoms with Gasteiger partial charge in [-0.3, -0.25) is 19.4 Å². The minimum Gasteiger partial charge on any atom is -0.491 e. The monoisotopic (exact) mass is 427 g/mol. The molecular formula is C21H34ClN3O4. The highest BCUT2D eigenvalue weighted by Crippen LogP contribution is 2.15. The molecule has 2 rings (SSSR count). The number of carbonyl (C=O) groups is 2. The maximum atomic E-state index is 12.2. The van der Waals surface area contributed by atoms with Crippen LogP contribution in [0.2, 0.25) is 0 Å². The number of piperidine rings is 1. The highest BCUT2D eigenvalue weighted by molar-refractivity contribution is 5.85. The lowest BCUT2D eigenvalue weighted by Gasteiger charge is -2.35. The van der Waals surface area contributed by atoms with Gasteiger partial charge in [-0.15, -0.1) is 12.4 Å². The Kier molecular flexibility index (Phi) is 11.0. The van der Waals surface area contributed by atoms with Crippen LogP contribution in [-0.4, -0.2) is 78.7 Å². The lowest BCUT2D eigenvalue weighted by atomic mass is 10.0. The Labute approximate surface area is 179 Å². The van der Waals surface area contributed by atoms with E-state index in [9.17, 15) is 9.59 Å². The van der Waals surface area contributed by atoms with Gasteiger partial charge in [-0.05, 0) is 57.9 Å². The maximum absolute atomic E-state index is 12.2. The van der Waals surface area contributed by atoms with Gasteiger partial charge in [0.25, 0.3) is 0 Å². The number of rotatable bonds is 10. The van der Waals surface area contributed by atoms with E-state index in [1.165, 1.54) is 5.56 Å². The van der Waals surface area contributed by atoms with Gasteiger partial charge in [-0.1, -0.05) is 12.1 Å². The second-order valence-electron chi connectivity index (χ2n) is 7.73. The van der Waals surface area contributed by atoms with Gasteiger partial charge in [0.15, 0.2) is 0 Å². The molecule has 0 aromatic heterocycles. The van der Waals surface area contributed by atoms with Gasteiger partial charge >= 0.3 is 5.97 Å². The summed E-state index contributed by atoms with van der Waals surface area (Å²) in [7, 11) is 1.85. The van der Waals surface area contributed by atoms with Crippen LogP contribution in [0, 0.1) is 0 Å². The van der Waals surface area contributed by atoms with Crippen molar-refractivity contribution in [2.45, 2.75) is 45.3 Å². The molecule has 1 fully saturated rings. The molecule has 1 aromatic carbocycles. The maximum Gasteiger partial charge on any atom is 0.317 e. The fourth-order valence-corrected chi connectivity index (χ4v) is 3.47. The second-order valence-corrected chi connectivity index (χ2v) is 7.73. The van der Waals surface area contributed by atoms with Crippen LogP contribution in [0.3, 0.4) is 0 Å². The summed E-state index contributed by atoms with van der Waals surface area (Å²) in [5, 5.41) is 11.9. The smallest absolute Gasteiger partial charge is 0.317 e. The molecule has 8 heteroatoms. The molecule has 29 heavy (non-hydrogen) atoms. The summed E-state index contributed by atoms with van der Waals surface area (Å²) in [5.41, 5.74) is 1.17. The third kappa shape index (κ3) is 9.47. The van der Waals surface area contributed by atoms with Crippen molar-refractivity contribution in [3.63, 3.8) is 0 Å². The standard InChI is InChI=1S/C21H33N3O4.ClH/c1-16(2)28-19-6-4-17(5-7-19)8-11-22-20(25)14-24-12-9-18(10-13-24)23(3)15-21(26)27;/h4-7,16,18H,8-15H2,1-3H3,(H,22,25)(H,26,27);1H. The number of carboxylic acid groups (broad SMARTS) is 1. The Morgan fingerprint density at radius 2 is 1.86 bits per heavy atom. The van der Waals surface area contributed by atoms with Crippen molar-refractivity contribution in [3.05, 3.63) is 29.8 Å². The Morgan fingerprint density at radius 1 is 1.24 bits per heavy atom. The minimum atomic E-state index is -0.800. The Balaban J connectivity index is 0.00000420. The number of halogens is 1. The van der Waals surface area contributed by atoms with E-state index in [4.69, 9.17) is 9.84 Å². The van der Waals surface area contributed by atoms with Crippen molar-refractivity contribution in [3.8, 4) is 5.75 Å². The lowest BCUT2D eigenvalue weighted by Crippen LogP contribution is -2.47. The molecule has 1 aliphatic rings. The van der Waals surface area contributed by atoms with Crippen LogP contribution in [0.4, 0.5) is 0 Å². The Morgan fingerprint density at radius 3 is 2.41 bits per heavy atom. The van der Waals surface area contributed by atoms with E-state index in [1.54, 1.807) is 0 Å². The van der Waals surface area contributed by atoms with Gasteiger partial charge in [-0.25, -0.2) is 0 Å². The molecule has 1 saturated heterocycles. The quantitative estimate of drug-likeness (QED) is 0.594. The Bertz CT molecular complexity index is 631. The zero-order valence-corrected chi connectivity index (χ0v) is 18.4. The molecule has 2 N–H and O–H groups in total. The zero-order valence-electron chi connectivity index (χ0n) is 17.6. The number of nitrogens with zero attached hydrogens (tertiary/aromatic N) is 2. The first kappa shape index (κ1) is 25.2. The second kappa shape index (κ2) is 12.7. The van der Waals surface area contributed by atoms with Crippen molar-refractivity contribution >= 4 is 24.3 Å².